The van der Waals surface area contributed by atoms with E-state index in [4.69, 9.17) is 14.7 Å². The van der Waals surface area contributed by atoms with E-state index in [2.05, 4.69) is 5.32 Å². The van der Waals surface area contributed by atoms with Crippen molar-refractivity contribution in [2.24, 2.45) is 0 Å². The van der Waals surface area contributed by atoms with Gasteiger partial charge in [-0.1, -0.05) is 30.3 Å². The molecular weight excluding hydrogens is 380 g/mol. The van der Waals surface area contributed by atoms with Crippen LogP contribution in [-0.2, 0) is 11.4 Å². The molecule has 0 spiro atoms. The van der Waals surface area contributed by atoms with E-state index in [9.17, 15) is 9.90 Å². The van der Waals surface area contributed by atoms with Gasteiger partial charge in [-0.15, -0.1) is 0 Å². The molecule has 3 rings (SSSR count). The molecule has 0 aromatic heterocycles. The van der Waals surface area contributed by atoms with E-state index < -0.39 is 12.0 Å². The SMILES string of the molecule is CCOc1cc(OCc2ccccc2)cc(C(Nc2ccc(C#N)cc2)C(=O)[O-])c1. The summed E-state index contributed by atoms with van der Waals surface area (Å²) in [5, 5.41) is 23.7. The summed E-state index contributed by atoms with van der Waals surface area (Å²) in [4.78, 5) is 11.9. The van der Waals surface area contributed by atoms with Crippen LogP contribution < -0.4 is 19.9 Å². The Morgan fingerprint density at radius 3 is 2.30 bits per heavy atom. The Hall–Kier alpha value is -3.98. The van der Waals surface area contributed by atoms with E-state index >= 15 is 0 Å². The number of nitriles is 1. The van der Waals surface area contributed by atoms with Gasteiger partial charge in [0.1, 0.15) is 18.1 Å². The number of benzene rings is 3. The van der Waals surface area contributed by atoms with Gasteiger partial charge >= 0.3 is 0 Å². The lowest BCUT2D eigenvalue weighted by molar-refractivity contribution is -0.307. The largest absolute Gasteiger partial charge is 0.548 e. The van der Waals surface area contributed by atoms with Crippen molar-refractivity contribution < 1.29 is 19.4 Å². The minimum absolute atomic E-state index is 0.342. The van der Waals surface area contributed by atoms with Crippen molar-refractivity contribution in [2.75, 3.05) is 11.9 Å². The number of ether oxygens (including phenoxy) is 2. The zero-order valence-corrected chi connectivity index (χ0v) is 16.5. The summed E-state index contributed by atoms with van der Waals surface area (Å²) in [5.74, 6) is -0.291. The standard InChI is InChI=1S/C24H22N2O4/c1-2-29-21-12-19(13-22(14-21)30-16-18-6-4-3-5-7-18)23(24(27)28)26-20-10-8-17(15-25)9-11-20/h3-14,23,26H,2,16H2,1H3,(H,27,28)/p-1. The Morgan fingerprint density at radius 2 is 1.70 bits per heavy atom. The predicted octanol–water partition coefficient (Wildman–Crippen LogP) is 3.44. The van der Waals surface area contributed by atoms with Crippen LogP contribution in [0.3, 0.4) is 0 Å². The van der Waals surface area contributed by atoms with E-state index in [1.54, 1.807) is 42.5 Å². The predicted molar refractivity (Wildman–Crippen MR) is 111 cm³/mol. The minimum atomic E-state index is -1.29. The van der Waals surface area contributed by atoms with Gasteiger partial charge in [0.15, 0.2) is 0 Å². The van der Waals surface area contributed by atoms with Crippen LogP contribution in [0.25, 0.3) is 0 Å². The van der Waals surface area contributed by atoms with Gasteiger partial charge in [0, 0.05) is 11.8 Å². The monoisotopic (exact) mass is 401 g/mol. The molecule has 0 aliphatic carbocycles. The van der Waals surface area contributed by atoms with Gasteiger partial charge in [0.25, 0.3) is 0 Å². The van der Waals surface area contributed by atoms with Crippen molar-refractivity contribution in [3.05, 3.63) is 89.5 Å². The molecule has 6 heteroatoms. The number of carbonyl (C=O) groups excluding carboxylic acids is 1. The smallest absolute Gasteiger partial charge is 0.123 e. The number of carbonyl (C=O) groups is 1. The molecule has 0 heterocycles. The summed E-state index contributed by atoms with van der Waals surface area (Å²) < 4.78 is 11.5. The first-order chi connectivity index (χ1) is 14.6. The Kier molecular flexibility index (Phi) is 6.91. The number of anilines is 1. The first-order valence-electron chi connectivity index (χ1n) is 9.51. The molecule has 1 unspecified atom stereocenters. The second kappa shape index (κ2) is 9.99. The molecule has 0 saturated carbocycles. The van der Waals surface area contributed by atoms with Crippen molar-refractivity contribution in [3.63, 3.8) is 0 Å². The first kappa shape index (κ1) is 20.7. The molecule has 0 aliphatic heterocycles. The lowest BCUT2D eigenvalue weighted by atomic mass is 10.1. The van der Waals surface area contributed by atoms with Crippen molar-refractivity contribution in [3.8, 4) is 17.6 Å². The number of hydrogen-bond donors (Lipinski definition) is 1. The number of rotatable bonds is 9. The van der Waals surface area contributed by atoms with Gasteiger partial charge < -0.3 is 24.7 Å². The normalized spacial score (nSPS) is 11.2. The Bertz CT molecular complexity index is 1030. The average molecular weight is 401 g/mol. The molecule has 0 fully saturated rings. The van der Waals surface area contributed by atoms with Crippen LogP contribution in [0.5, 0.6) is 11.5 Å². The summed E-state index contributed by atoms with van der Waals surface area (Å²) in [5.41, 5.74) is 2.47. The molecule has 152 valence electrons. The molecule has 6 nitrogen and oxygen atoms in total. The molecule has 1 N–H and O–H groups in total. The number of carboxylic acids is 1. The molecule has 3 aromatic carbocycles. The zero-order valence-electron chi connectivity index (χ0n) is 16.5. The van der Waals surface area contributed by atoms with Gasteiger partial charge in [-0.25, -0.2) is 0 Å². The van der Waals surface area contributed by atoms with Crippen molar-refractivity contribution in [1.29, 1.82) is 5.26 Å². The molecule has 0 aliphatic rings. The van der Waals surface area contributed by atoms with Crippen molar-refractivity contribution >= 4 is 11.7 Å². The van der Waals surface area contributed by atoms with E-state index in [0.29, 0.717) is 41.5 Å². The molecule has 1 atom stereocenters. The maximum absolute atomic E-state index is 11.9. The Balaban J connectivity index is 1.86. The number of nitrogens with zero attached hydrogens (tertiary/aromatic N) is 1. The highest BCUT2D eigenvalue weighted by Crippen LogP contribution is 2.29. The topological polar surface area (TPSA) is 94.4 Å². The molecule has 0 bridgehead atoms. The van der Waals surface area contributed by atoms with Gasteiger partial charge in [-0.05, 0) is 54.4 Å². The maximum Gasteiger partial charge on any atom is 0.123 e. The molecule has 0 amide bonds. The van der Waals surface area contributed by atoms with Crippen molar-refractivity contribution in [2.45, 2.75) is 19.6 Å². The second-order valence-corrected chi connectivity index (χ2v) is 6.53. The number of hydrogen-bond acceptors (Lipinski definition) is 6. The molecular formula is C24H21N2O4-. The summed E-state index contributed by atoms with van der Waals surface area (Å²) in [7, 11) is 0. The molecule has 30 heavy (non-hydrogen) atoms. The van der Waals surface area contributed by atoms with Gasteiger partial charge in [0.2, 0.25) is 0 Å². The summed E-state index contributed by atoms with van der Waals surface area (Å²) in [6.07, 6.45) is 0. The number of aliphatic carboxylic acids is 1. The third-order valence-corrected chi connectivity index (χ3v) is 4.36. The van der Waals surface area contributed by atoms with Gasteiger partial charge in [-0.3, -0.25) is 0 Å². The number of nitrogens with one attached hydrogen (secondary N) is 1. The van der Waals surface area contributed by atoms with Crippen molar-refractivity contribution in [1.82, 2.24) is 0 Å². The highest BCUT2D eigenvalue weighted by molar-refractivity contribution is 5.78. The third-order valence-electron chi connectivity index (χ3n) is 4.36. The van der Waals surface area contributed by atoms with Crippen LogP contribution in [0.15, 0.2) is 72.8 Å². The highest BCUT2D eigenvalue weighted by atomic mass is 16.5. The molecule has 0 radical (unpaired) electrons. The summed E-state index contributed by atoms with van der Waals surface area (Å²) >= 11 is 0. The van der Waals surface area contributed by atoms with Crippen LogP contribution in [0.4, 0.5) is 5.69 Å². The molecule has 3 aromatic rings. The molecule has 0 saturated heterocycles. The Labute approximate surface area is 175 Å². The van der Waals surface area contributed by atoms with E-state index in [0.717, 1.165) is 5.56 Å². The average Bonchev–Trinajstić information content (AvgIpc) is 2.77. The third kappa shape index (κ3) is 5.52. The fourth-order valence-electron chi connectivity index (χ4n) is 2.92. The van der Waals surface area contributed by atoms with Crippen LogP contribution in [0.2, 0.25) is 0 Å². The summed E-state index contributed by atoms with van der Waals surface area (Å²) in [6.45, 7) is 2.62. The second-order valence-electron chi connectivity index (χ2n) is 6.53. The van der Waals surface area contributed by atoms with Gasteiger partial charge in [0.05, 0.1) is 30.3 Å². The van der Waals surface area contributed by atoms with Gasteiger partial charge in [-0.2, -0.15) is 5.26 Å². The summed E-state index contributed by atoms with van der Waals surface area (Å²) in [6, 6.07) is 22.1. The lowest BCUT2D eigenvalue weighted by Gasteiger charge is -2.23. The van der Waals surface area contributed by atoms with E-state index in [1.807, 2.05) is 43.3 Å². The fraction of sp³-hybridized carbons (Fsp3) is 0.167. The van der Waals surface area contributed by atoms with Crippen LogP contribution in [0.1, 0.15) is 29.7 Å². The highest BCUT2D eigenvalue weighted by Gasteiger charge is 2.16. The zero-order chi connectivity index (χ0) is 21.3. The Morgan fingerprint density at radius 1 is 1.03 bits per heavy atom. The first-order valence-corrected chi connectivity index (χ1v) is 9.51. The maximum atomic E-state index is 11.9. The van der Waals surface area contributed by atoms with E-state index in [-0.39, 0.29) is 0 Å². The lowest BCUT2D eigenvalue weighted by Crippen LogP contribution is -2.34. The quantitative estimate of drug-likeness (QED) is 0.590. The van der Waals surface area contributed by atoms with Crippen LogP contribution in [-0.4, -0.2) is 12.6 Å². The van der Waals surface area contributed by atoms with E-state index in [1.165, 1.54) is 0 Å². The van der Waals surface area contributed by atoms with Crippen LogP contribution >= 0.6 is 0 Å². The minimum Gasteiger partial charge on any atom is -0.548 e. The van der Waals surface area contributed by atoms with Crippen LogP contribution in [0, 0.1) is 11.3 Å². The fourth-order valence-corrected chi connectivity index (χ4v) is 2.92. The number of carboxylic acid groups (broad SMARTS) is 1.